The predicted octanol–water partition coefficient (Wildman–Crippen LogP) is 6.25. The predicted molar refractivity (Wildman–Crippen MR) is 128 cm³/mol. The molecule has 0 atom stereocenters. The maximum Gasteiger partial charge on any atom is 0.349 e. The number of rotatable bonds is 6. The summed E-state index contributed by atoms with van der Waals surface area (Å²) < 4.78 is 17.0. The third kappa shape index (κ3) is 4.34. The monoisotopic (exact) mass is 481 g/mol. The molecule has 1 aliphatic carbocycles. The Balaban J connectivity index is 1.25. The summed E-state index contributed by atoms with van der Waals surface area (Å²) in [5.41, 5.74) is 3.30. The molecule has 0 radical (unpaired) electrons. The van der Waals surface area contributed by atoms with Crippen LogP contribution in [0.15, 0.2) is 52.9 Å². The summed E-state index contributed by atoms with van der Waals surface area (Å²) in [6.07, 6.45) is 3.41. The number of anilines is 1. The van der Waals surface area contributed by atoms with Crippen LogP contribution < -0.4 is 10.1 Å². The van der Waals surface area contributed by atoms with E-state index in [0.717, 1.165) is 28.7 Å². The van der Waals surface area contributed by atoms with Gasteiger partial charge in [-0.15, -0.1) is 11.3 Å². The number of fused-ring (bicyclic) bond motifs is 2. The number of halogens is 1. The number of carbonyl (C=O) groups excluding carboxylic acids is 2. The van der Waals surface area contributed by atoms with Gasteiger partial charge in [0.25, 0.3) is 5.91 Å². The number of carbonyl (C=O) groups is 2. The number of hydrogen-bond donors (Lipinski definition) is 1. The zero-order valence-corrected chi connectivity index (χ0v) is 19.3. The summed E-state index contributed by atoms with van der Waals surface area (Å²) in [6.45, 7) is 0.238. The molecule has 4 aromatic rings. The molecule has 0 bridgehead atoms. The van der Waals surface area contributed by atoms with Crippen molar-refractivity contribution in [3.8, 4) is 5.75 Å². The molecule has 0 saturated carbocycles. The van der Waals surface area contributed by atoms with E-state index in [2.05, 4.69) is 17.4 Å². The van der Waals surface area contributed by atoms with E-state index in [1.165, 1.54) is 36.0 Å². The molecule has 0 saturated heterocycles. The fourth-order valence-corrected chi connectivity index (χ4v) is 5.40. The molecule has 5 rings (SSSR count). The van der Waals surface area contributed by atoms with Gasteiger partial charge in [-0.3, -0.25) is 4.79 Å². The first-order valence-corrected chi connectivity index (χ1v) is 11.7. The Bertz CT molecular complexity index is 1370. The lowest BCUT2D eigenvalue weighted by Crippen LogP contribution is -2.10. The highest BCUT2D eigenvalue weighted by molar-refractivity contribution is 7.21. The van der Waals surface area contributed by atoms with E-state index in [-0.39, 0.29) is 18.3 Å². The average molecular weight is 482 g/mol. The van der Waals surface area contributed by atoms with Gasteiger partial charge in [-0.2, -0.15) is 0 Å². The number of aryl methyl sites for hydroxylation is 2. The highest BCUT2D eigenvalue weighted by atomic mass is 35.5. The molecule has 1 N–H and O–H groups in total. The lowest BCUT2D eigenvalue weighted by atomic mass is 10.1. The van der Waals surface area contributed by atoms with Crippen LogP contribution in [-0.2, 0) is 24.2 Å². The van der Waals surface area contributed by atoms with Crippen molar-refractivity contribution in [2.45, 2.75) is 25.9 Å². The Morgan fingerprint density at radius 2 is 1.94 bits per heavy atom. The minimum absolute atomic E-state index is 0.183. The highest BCUT2D eigenvalue weighted by Gasteiger charge is 2.19. The summed E-state index contributed by atoms with van der Waals surface area (Å²) in [4.78, 5) is 24.8. The van der Waals surface area contributed by atoms with Crippen LogP contribution in [0.1, 0.15) is 43.5 Å². The van der Waals surface area contributed by atoms with Gasteiger partial charge in [0.2, 0.25) is 0 Å². The number of nitrogens with one attached hydrogen (secondary N) is 1. The van der Waals surface area contributed by atoms with E-state index in [4.69, 9.17) is 25.5 Å². The molecule has 8 heteroatoms. The van der Waals surface area contributed by atoms with Gasteiger partial charge in [0, 0.05) is 15.8 Å². The zero-order valence-electron chi connectivity index (χ0n) is 17.8. The van der Waals surface area contributed by atoms with Crippen molar-refractivity contribution in [2.75, 3.05) is 12.4 Å². The maximum atomic E-state index is 12.6. The van der Waals surface area contributed by atoms with Crippen LogP contribution >= 0.6 is 22.9 Å². The first-order chi connectivity index (χ1) is 16.0. The zero-order chi connectivity index (χ0) is 22.9. The molecule has 33 heavy (non-hydrogen) atoms. The molecule has 168 valence electrons. The molecule has 1 aliphatic rings. The van der Waals surface area contributed by atoms with Crippen molar-refractivity contribution >= 4 is 50.6 Å². The molecule has 2 heterocycles. The van der Waals surface area contributed by atoms with Crippen LogP contribution in [0.2, 0.25) is 5.02 Å². The minimum atomic E-state index is -0.489. The van der Waals surface area contributed by atoms with Gasteiger partial charge in [-0.05, 0) is 72.9 Å². The van der Waals surface area contributed by atoms with Crippen molar-refractivity contribution in [3.05, 3.63) is 81.1 Å². The Hall–Kier alpha value is -3.29. The first-order valence-electron chi connectivity index (χ1n) is 10.5. The van der Waals surface area contributed by atoms with E-state index >= 15 is 0 Å². The Morgan fingerprint density at radius 1 is 1.09 bits per heavy atom. The van der Waals surface area contributed by atoms with Crippen molar-refractivity contribution < 1.29 is 23.5 Å². The molecule has 0 fully saturated rings. The Kier molecular flexibility index (Phi) is 5.83. The number of furan rings is 1. The third-order valence-corrected chi connectivity index (χ3v) is 7.23. The van der Waals surface area contributed by atoms with E-state index in [9.17, 15) is 9.59 Å². The number of thiophene rings is 1. The molecule has 2 aromatic carbocycles. The van der Waals surface area contributed by atoms with E-state index in [1.54, 1.807) is 30.3 Å². The number of methoxy groups -OCH3 is 1. The van der Waals surface area contributed by atoms with Gasteiger partial charge in [-0.1, -0.05) is 17.7 Å². The summed E-state index contributed by atoms with van der Waals surface area (Å²) in [7, 11) is 1.31. The summed E-state index contributed by atoms with van der Waals surface area (Å²) in [6, 6.07) is 14.8. The summed E-state index contributed by atoms with van der Waals surface area (Å²) in [5, 5.41) is 3.88. The third-order valence-electron chi connectivity index (χ3n) is 5.59. The molecule has 0 spiro atoms. The van der Waals surface area contributed by atoms with Crippen molar-refractivity contribution in [3.63, 3.8) is 0 Å². The van der Waals surface area contributed by atoms with Gasteiger partial charge >= 0.3 is 5.97 Å². The van der Waals surface area contributed by atoms with Gasteiger partial charge in [0.1, 0.15) is 23.0 Å². The Labute approximate surface area is 199 Å². The SMILES string of the molecule is COC(=O)c1sc2cc(NC(=O)c3ccc(COc4ccc5c(c4)CCC5)o3)ccc2c1Cl. The Morgan fingerprint density at radius 3 is 2.79 bits per heavy atom. The maximum absolute atomic E-state index is 12.6. The van der Waals surface area contributed by atoms with Crippen molar-refractivity contribution in [1.82, 2.24) is 0 Å². The van der Waals surface area contributed by atoms with Crippen LogP contribution in [0.3, 0.4) is 0 Å². The molecular formula is C25H20ClNO5S. The summed E-state index contributed by atoms with van der Waals surface area (Å²) >= 11 is 7.50. The second-order valence-electron chi connectivity index (χ2n) is 7.74. The molecule has 1 amide bonds. The van der Waals surface area contributed by atoms with Crippen molar-refractivity contribution in [2.24, 2.45) is 0 Å². The largest absolute Gasteiger partial charge is 0.486 e. The normalized spacial score (nSPS) is 12.5. The summed E-state index contributed by atoms with van der Waals surface area (Å²) in [5.74, 6) is 0.671. The lowest BCUT2D eigenvalue weighted by molar-refractivity contribution is 0.0606. The van der Waals surface area contributed by atoms with Crippen LogP contribution in [0.4, 0.5) is 5.69 Å². The topological polar surface area (TPSA) is 77.8 Å². The van der Waals surface area contributed by atoms with Gasteiger partial charge < -0.3 is 19.2 Å². The van der Waals surface area contributed by atoms with E-state index < -0.39 is 5.97 Å². The van der Waals surface area contributed by atoms with Crippen LogP contribution in [0.5, 0.6) is 5.75 Å². The van der Waals surface area contributed by atoms with E-state index in [1.807, 2.05) is 6.07 Å². The average Bonchev–Trinajstić information content (AvgIpc) is 3.55. The second-order valence-corrected chi connectivity index (χ2v) is 9.17. The van der Waals surface area contributed by atoms with Gasteiger partial charge in [-0.25, -0.2) is 4.79 Å². The lowest BCUT2D eigenvalue weighted by Gasteiger charge is -2.07. The standard InChI is InChI=1S/C25H20ClNO5S/c1-30-25(29)23-22(26)19-9-6-16(12-21(19)33-23)27-24(28)20-10-8-18(32-20)13-31-17-7-5-14-3-2-4-15(14)11-17/h5-12H,2-4,13H2,1H3,(H,27,28). The van der Waals surface area contributed by atoms with Crippen LogP contribution in [0.25, 0.3) is 10.1 Å². The van der Waals surface area contributed by atoms with E-state index in [0.29, 0.717) is 21.3 Å². The highest BCUT2D eigenvalue weighted by Crippen LogP contribution is 2.37. The van der Waals surface area contributed by atoms with Gasteiger partial charge in [0.15, 0.2) is 5.76 Å². The van der Waals surface area contributed by atoms with Crippen molar-refractivity contribution in [1.29, 1.82) is 0 Å². The fourth-order valence-electron chi connectivity index (χ4n) is 3.93. The molecule has 0 aliphatic heterocycles. The minimum Gasteiger partial charge on any atom is -0.486 e. The molecule has 6 nitrogen and oxygen atoms in total. The quantitative estimate of drug-likeness (QED) is 0.329. The number of hydrogen-bond acceptors (Lipinski definition) is 6. The first kappa shape index (κ1) is 21.6. The second kappa shape index (κ2) is 8.92. The number of esters is 1. The fraction of sp³-hybridized carbons (Fsp3) is 0.200. The molecule has 0 unspecified atom stereocenters. The number of amides is 1. The number of ether oxygens (including phenoxy) is 2. The van der Waals surface area contributed by atoms with Crippen LogP contribution in [0, 0.1) is 0 Å². The number of benzene rings is 2. The molecular weight excluding hydrogens is 462 g/mol. The van der Waals surface area contributed by atoms with Crippen LogP contribution in [-0.4, -0.2) is 19.0 Å². The van der Waals surface area contributed by atoms with Gasteiger partial charge in [0.05, 0.1) is 12.1 Å². The molecule has 2 aromatic heterocycles. The smallest absolute Gasteiger partial charge is 0.349 e.